The second kappa shape index (κ2) is 6.79. The highest BCUT2D eigenvalue weighted by molar-refractivity contribution is 7.98. The molecule has 0 aliphatic carbocycles. The van der Waals surface area contributed by atoms with E-state index in [-0.39, 0.29) is 0 Å². The number of nitrogens with one attached hydrogen (secondary N) is 1. The normalized spacial score (nSPS) is 12.7. The number of hydrogen-bond acceptors (Lipinski definition) is 4. The minimum absolute atomic E-state index is 0.583. The van der Waals surface area contributed by atoms with E-state index in [1.165, 1.54) is 0 Å². The van der Waals surface area contributed by atoms with Gasteiger partial charge in [0, 0.05) is 24.5 Å². The maximum Gasteiger partial charge on any atom is 0.115 e. The number of rotatable bonds is 6. The third-order valence-corrected chi connectivity index (χ3v) is 2.81. The Hall–Kier alpha value is -0.610. The predicted molar refractivity (Wildman–Crippen MR) is 61.3 cm³/mol. The van der Waals surface area contributed by atoms with E-state index in [4.69, 9.17) is 0 Å². The van der Waals surface area contributed by atoms with E-state index in [0.29, 0.717) is 6.04 Å². The lowest BCUT2D eigenvalue weighted by Crippen LogP contribution is -2.30. The van der Waals surface area contributed by atoms with Gasteiger partial charge in [0.25, 0.3) is 0 Å². The highest BCUT2D eigenvalue weighted by Gasteiger charge is 2.04. The molecule has 1 N–H and O–H groups in total. The lowest BCUT2D eigenvalue weighted by Gasteiger charge is -2.14. The first kappa shape index (κ1) is 11.5. The molecule has 0 fully saturated rings. The SMILES string of the molecule is CCC(CSC)NCc1ccncn1. The van der Waals surface area contributed by atoms with Crippen LogP contribution < -0.4 is 5.32 Å². The van der Waals surface area contributed by atoms with Crippen molar-refractivity contribution in [2.45, 2.75) is 25.9 Å². The van der Waals surface area contributed by atoms with Gasteiger partial charge in [0.1, 0.15) is 6.33 Å². The van der Waals surface area contributed by atoms with Gasteiger partial charge >= 0.3 is 0 Å². The Morgan fingerprint density at radius 2 is 2.43 bits per heavy atom. The summed E-state index contributed by atoms with van der Waals surface area (Å²) in [6.45, 7) is 3.04. The zero-order chi connectivity index (χ0) is 10.2. The largest absolute Gasteiger partial charge is 0.308 e. The summed E-state index contributed by atoms with van der Waals surface area (Å²) in [5, 5.41) is 3.48. The lowest BCUT2D eigenvalue weighted by molar-refractivity contribution is 0.535. The Balaban J connectivity index is 2.32. The van der Waals surface area contributed by atoms with Crippen LogP contribution in [-0.4, -0.2) is 28.0 Å². The van der Waals surface area contributed by atoms with E-state index in [9.17, 15) is 0 Å². The number of nitrogens with zero attached hydrogens (tertiary/aromatic N) is 2. The molecule has 0 bridgehead atoms. The van der Waals surface area contributed by atoms with E-state index < -0.39 is 0 Å². The first-order chi connectivity index (χ1) is 6.86. The molecule has 0 aliphatic rings. The van der Waals surface area contributed by atoms with Crippen LogP contribution in [0.1, 0.15) is 19.0 Å². The van der Waals surface area contributed by atoms with Gasteiger partial charge in [-0.1, -0.05) is 6.92 Å². The summed E-state index contributed by atoms with van der Waals surface area (Å²) in [5.41, 5.74) is 1.06. The van der Waals surface area contributed by atoms with E-state index in [1.807, 2.05) is 17.8 Å². The molecular weight excluding hydrogens is 194 g/mol. The van der Waals surface area contributed by atoms with Crippen LogP contribution in [0.2, 0.25) is 0 Å². The molecule has 0 amide bonds. The molecule has 1 aromatic rings. The van der Waals surface area contributed by atoms with Gasteiger partial charge in [-0.15, -0.1) is 0 Å². The van der Waals surface area contributed by atoms with Gasteiger partial charge in [-0.25, -0.2) is 9.97 Å². The van der Waals surface area contributed by atoms with Gasteiger partial charge in [0.05, 0.1) is 5.69 Å². The molecule has 0 spiro atoms. The van der Waals surface area contributed by atoms with E-state index in [1.54, 1.807) is 12.5 Å². The first-order valence-corrected chi connectivity index (χ1v) is 6.23. The molecule has 3 nitrogen and oxygen atoms in total. The van der Waals surface area contributed by atoms with E-state index in [2.05, 4.69) is 28.5 Å². The third-order valence-electron chi connectivity index (χ3n) is 2.08. The Morgan fingerprint density at radius 1 is 1.57 bits per heavy atom. The Labute approximate surface area is 89.7 Å². The van der Waals surface area contributed by atoms with E-state index in [0.717, 1.165) is 24.4 Å². The van der Waals surface area contributed by atoms with Crippen LogP contribution in [0.5, 0.6) is 0 Å². The monoisotopic (exact) mass is 211 g/mol. The van der Waals surface area contributed by atoms with Gasteiger partial charge in [0.2, 0.25) is 0 Å². The van der Waals surface area contributed by atoms with Crippen LogP contribution in [-0.2, 0) is 6.54 Å². The molecule has 0 saturated heterocycles. The summed E-state index contributed by atoms with van der Waals surface area (Å²) in [6.07, 6.45) is 6.66. The Kier molecular flexibility index (Phi) is 5.56. The van der Waals surface area contributed by atoms with Crippen molar-refractivity contribution in [2.75, 3.05) is 12.0 Å². The summed E-state index contributed by atoms with van der Waals surface area (Å²) < 4.78 is 0. The summed E-state index contributed by atoms with van der Waals surface area (Å²) >= 11 is 1.87. The second-order valence-corrected chi connectivity index (χ2v) is 4.05. The van der Waals surface area contributed by atoms with Crippen molar-refractivity contribution in [3.05, 3.63) is 24.3 Å². The van der Waals surface area contributed by atoms with Gasteiger partial charge in [-0.2, -0.15) is 11.8 Å². The van der Waals surface area contributed by atoms with Crippen molar-refractivity contribution in [2.24, 2.45) is 0 Å². The number of aromatic nitrogens is 2. The smallest absolute Gasteiger partial charge is 0.115 e. The zero-order valence-corrected chi connectivity index (χ0v) is 9.55. The summed E-state index contributed by atoms with van der Waals surface area (Å²) in [7, 11) is 0. The molecule has 4 heteroatoms. The van der Waals surface area contributed by atoms with Crippen LogP contribution in [0.15, 0.2) is 18.6 Å². The van der Waals surface area contributed by atoms with Crippen molar-refractivity contribution < 1.29 is 0 Å². The fourth-order valence-corrected chi connectivity index (χ4v) is 1.95. The van der Waals surface area contributed by atoms with Crippen LogP contribution in [0.25, 0.3) is 0 Å². The Bertz CT molecular complexity index is 240. The summed E-state index contributed by atoms with van der Waals surface area (Å²) in [5.74, 6) is 1.15. The van der Waals surface area contributed by atoms with Crippen LogP contribution in [0, 0.1) is 0 Å². The van der Waals surface area contributed by atoms with Crippen LogP contribution in [0.3, 0.4) is 0 Å². The zero-order valence-electron chi connectivity index (χ0n) is 8.73. The topological polar surface area (TPSA) is 37.8 Å². The summed E-state index contributed by atoms with van der Waals surface area (Å²) in [4.78, 5) is 8.05. The lowest BCUT2D eigenvalue weighted by atomic mass is 10.2. The molecular formula is C10H17N3S. The van der Waals surface area contributed by atoms with Gasteiger partial charge < -0.3 is 5.32 Å². The molecule has 1 atom stereocenters. The molecule has 0 aliphatic heterocycles. The molecule has 14 heavy (non-hydrogen) atoms. The van der Waals surface area contributed by atoms with Crippen molar-refractivity contribution in [1.29, 1.82) is 0 Å². The minimum Gasteiger partial charge on any atom is -0.308 e. The maximum atomic E-state index is 4.16. The van der Waals surface area contributed by atoms with Crippen LogP contribution in [0.4, 0.5) is 0 Å². The predicted octanol–water partition coefficient (Wildman–Crippen LogP) is 1.71. The molecule has 1 aromatic heterocycles. The van der Waals surface area contributed by atoms with Gasteiger partial charge in [-0.3, -0.25) is 0 Å². The molecule has 0 aromatic carbocycles. The summed E-state index contributed by atoms with van der Waals surface area (Å²) in [6, 6.07) is 2.53. The molecule has 0 saturated carbocycles. The average Bonchev–Trinajstić information content (AvgIpc) is 2.25. The van der Waals surface area contributed by atoms with Crippen molar-refractivity contribution in [1.82, 2.24) is 15.3 Å². The standard InChI is InChI=1S/C10H17N3S/c1-3-9(7-14-2)12-6-10-4-5-11-8-13-10/h4-5,8-9,12H,3,6-7H2,1-2H3. The molecule has 0 radical (unpaired) electrons. The van der Waals surface area contributed by atoms with Gasteiger partial charge in [0.15, 0.2) is 0 Å². The maximum absolute atomic E-state index is 4.16. The van der Waals surface area contributed by atoms with Crippen molar-refractivity contribution >= 4 is 11.8 Å². The highest BCUT2D eigenvalue weighted by Crippen LogP contribution is 2.02. The Morgan fingerprint density at radius 3 is 3.00 bits per heavy atom. The minimum atomic E-state index is 0.583. The third kappa shape index (κ3) is 4.07. The first-order valence-electron chi connectivity index (χ1n) is 4.84. The molecule has 1 rings (SSSR count). The fraction of sp³-hybridized carbons (Fsp3) is 0.600. The van der Waals surface area contributed by atoms with Gasteiger partial charge in [-0.05, 0) is 18.7 Å². The van der Waals surface area contributed by atoms with Crippen LogP contribution >= 0.6 is 11.8 Å². The highest BCUT2D eigenvalue weighted by atomic mass is 32.2. The van der Waals surface area contributed by atoms with E-state index >= 15 is 0 Å². The average molecular weight is 211 g/mol. The molecule has 1 heterocycles. The number of hydrogen-bond donors (Lipinski definition) is 1. The van der Waals surface area contributed by atoms with Crippen molar-refractivity contribution in [3.63, 3.8) is 0 Å². The molecule has 1 unspecified atom stereocenters. The molecule has 78 valence electrons. The van der Waals surface area contributed by atoms with Crippen molar-refractivity contribution in [3.8, 4) is 0 Å². The number of thioether (sulfide) groups is 1. The quantitative estimate of drug-likeness (QED) is 0.777. The fourth-order valence-electron chi connectivity index (χ4n) is 1.19. The second-order valence-electron chi connectivity index (χ2n) is 3.14.